The van der Waals surface area contributed by atoms with E-state index in [2.05, 4.69) is 33.0 Å². The van der Waals surface area contributed by atoms with Crippen LogP contribution in [0.3, 0.4) is 0 Å². The van der Waals surface area contributed by atoms with E-state index in [1.54, 1.807) is 0 Å². The van der Waals surface area contributed by atoms with Crippen molar-refractivity contribution in [2.45, 2.75) is 65.0 Å². The van der Waals surface area contributed by atoms with E-state index in [-0.39, 0.29) is 12.1 Å². The third-order valence-corrected chi connectivity index (χ3v) is 3.59. The van der Waals surface area contributed by atoms with E-state index in [0.717, 1.165) is 19.4 Å². The summed E-state index contributed by atoms with van der Waals surface area (Å²) in [5.41, 5.74) is -0.104. The molecule has 0 saturated heterocycles. The van der Waals surface area contributed by atoms with Crippen molar-refractivity contribution in [3.8, 4) is 0 Å². The number of hydrogen-bond donors (Lipinski definition) is 3. The summed E-state index contributed by atoms with van der Waals surface area (Å²) in [5, 5.41) is 22.2. The summed E-state index contributed by atoms with van der Waals surface area (Å²) in [6.07, 6.45) is 3.36. The first-order chi connectivity index (χ1) is 8.93. The Morgan fingerprint density at radius 1 is 1.32 bits per heavy atom. The second-order valence-corrected chi connectivity index (χ2v) is 6.03. The predicted molar refractivity (Wildman–Crippen MR) is 79.3 cm³/mol. The number of ether oxygens (including phenoxy) is 1. The molecule has 0 bridgehead atoms. The van der Waals surface area contributed by atoms with Crippen molar-refractivity contribution in [2.24, 2.45) is 5.92 Å². The number of β-amino-alcohol motifs (C(OH)–C–C–N with tert-alkyl or cyclic N) is 1. The lowest BCUT2D eigenvalue weighted by Crippen LogP contribution is -2.46. The van der Waals surface area contributed by atoms with E-state index in [9.17, 15) is 5.11 Å². The fraction of sp³-hybridized carbons (Fsp3) is 1.00. The van der Waals surface area contributed by atoms with Gasteiger partial charge in [0.25, 0.3) is 0 Å². The quantitative estimate of drug-likeness (QED) is 0.476. The summed E-state index contributed by atoms with van der Waals surface area (Å²) < 4.78 is 5.47. The van der Waals surface area contributed by atoms with Crippen molar-refractivity contribution >= 4 is 0 Å². The van der Waals surface area contributed by atoms with Gasteiger partial charge >= 0.3 is 0 Å². The molecule has 0 aliphatic rings. The van der Waals surface area contributed by atoms with Crippen LogP contribution in [0.25, 0.3) is 0 Å². The largest absolute Gasteiger partial charge is 0.396 e. The van der Waals surface area contributed by atoms with Crippen LogP contribution in [0.5, 0.6) is 0 Å². The van der Waals surface area contributed by atoms with E-state index < -0.39 is 6.10 Å². The van der Waals surface area contributed by atoms with Crippen molar-refractivity contribution < 1.29 is 14.9 Å². The van der Waals surface area contributed by atoms with Crippen LogP contribution in [0, 0.1) is 5.92 Å². The van der Waals surface area contributed by atoms with E-state index in [4.69, 9.17) is 9.84 Å². The molecule has 0 aromatic rings. The van der Waals surface area contributed by atoms with Crippen LogP contribution in [0.15, 0.2) is 0 Å². The number of aliphatic hydroxyl groups excluding tert-OH is 2. The molecule has 0 spiro atoms. The minimum absolute atomic E-state index is 0.104. The van der Waals surface area contributed by atoms with Gasteiger partial charge in [0, 0.05) is 25.3 Å². The molecular formula is C15H33NO3. The molecule has 0 aromatic heterocycles. The Kier molecular flexibility index (Phi) is 10.5. The molecule has 0 saturated carbocycles. The molecule has 0 heterocycles. The molecule has 2 atom stereocenters. The summed E-state index contributed by atoms with van der Waals surface area (Å²) in [7, 11) is 0. The summed E-state index contributed by atoms with van der Waals surface area (Å²) in [5.74, 6) is 0.707. The first-order valence-corrected chi connectivity index (χ1v) is 7.55. The Hall–Kier alpha value is -0.160. The van der Waals surface area contributed by atoms with E-state index >= 15 is 0 Å². The number of hydrogen-bond acceptors (Lipinski definition) is 4. The number of rotatable bonds is 12. The standard InChI is InChI=1S/C15H33NO3/c1-5-15(4,8-9-17)16-11-14(18)12-19-10-6-7-13(2)3/h13-14,16-18H,5-12H2,1-4H3. The van der Waals surface area contributed by atoms with Gasteiger partial charge in [0.05, 0.1) is 12.7 Å². The lowest BCUT2D eigenvalue weighted by Gasteiger charge is -2.30. The van der Waals surface area contributed by atoms with Gasteiger partial charge in [-0.25, -0.2) is 0 Å². The summed E-state index contributed by atoms with van der Waals surface area (Å²) >= 11 is 0. The molecule has 0 aromatic carbocycles. The summed E-state index contributed by atoms with van der Waals surface area (Å²) in [6.45, 7) is 10.3. The van der Waals surface area contributed by atoms with Crippen molar-refractivity contribution in [3.63, 3.8) is 0 Å². The average molecular weight is 275 g/mol. The minimum atomic E-state index is -0.483. The van der Waals surface area contributed by atoms with E-state index in [1.165, 1.54) is 6.42 Å². The van der Waals surface area contributed by atoms with Crippen LogP contribution in [-0.2, 0) is 4.74 Å². The Labute approximate surface area is 118 Å². The fourth-order valence-corrected chi connectivity index (χ4v) is 1.87. The highest BCUT2D eigenvalue weighted by atomic mass is 16.5. The number of aliphatic hydroxyl groups is 2. The van der Waals surface area contributed by atoms with Crippen LogP contribution in [0.2, 0.25) is 0 Å². The van der Waals surface area contributed by atoms with Crippen molar-refractivity contribution in [1.82, 2.24) is 5.32 Å². The lowest BCUT2D eigenvalue weighted by molar-refractivity contribution is 0.0298. The van der Waals surface area contributed by atoms with Crippen LogP contribution in [0.1, 0.15) is 53.4 Å². The third kappa shape index (κ3) is 10.3. The topological polar surface area (TPSA) is 61.7 Å². The smallest absolute Gasteiger partial charge is 0.0897 e. The monoisotopic (exact) mass is 275 g/mol. The molecule has 0 radical (unpaired) electrons. The molecule has 0 amide bonds. The van der Waals surface area contributed by atoms with Crippen LogP contribution in [0.4, 0.5) is 0 Å². The average Bonchev–Trinajstić information content (AvgIpc) is 2.36. The molecule has 0 fully saturated rings. The maximum absolute atomic E-state index is 9.83. The van der Waals surface area contributed by atoms with Gasteiger partial charge in [-0.05, 0) is 38.5 Å². The van der Waals surface area contributed by atoms with Crippen molar-refractivity contribution in [1.29, 1.82) is 0 Å². The zero-order valence-electron chi connectivity index (χ0n) is 13.1. The van der Waals surface area contributed by atoms with Gasteiger partial charge in [0.15, 0.2) is 0 Å². The molecule has 116 valence electrons. The SMILES string of the molecule is CCC(C)(CCO)NCC(O)COCCCC(C)C. The van der Waals surface area contributed by atoms with E-state index in [0.29, 0.717) is 25.5 Å². The van der Waals surface area contributed by atoms with Gasteiger partial charge in [-0.1, -0.05) is 20.8 Å². The molecule has 4 heteroatoms. The highest BCUT2D eigenvalue weighted by Gasteiger charge is 2.21. The Morgan fingerprint density at radius 3 is 2.53 bits per heavy atom. The van der Waals surface area contributed by atoms with Crippen LogP contribution >= 0.6 is 0 Å². The first-order valence-electron chi connectivity index (χ1n) is 7.55. The Balaban J connectivity index is 3.65. The molecule has 3 N–H and O–H groups in total. The normalized spacial score (nSPS) is 16.6. The third-order valence-electron chi connectivity index (χ3n) is 3.59. The minimum Gasteiger partial charge on any atom is -0.396 e. The molecule has 0 rings (SSSR count). The van der Waals surface area contributed by atoms with Gasteiger partial charge in [-0.3, -0.25) is 0 Å². The summed E-state index contributed by atoms with van der Waals surface area (Å²) in [6, 6.07) is 0. The van der Waals surface area contributed by atoms with Crippen molar-refractivity contribution in [3.05, 3.63) is 0 Å². The van der Waals surface area contributed by atoms with Gasteiger partial charge in [0.2, 0.25) is 0 Å². The maximum Gasteiger partial charge on any atom is 0.0897 e. The second kappa shape index (κ2) is 10.6. The van der Waals surface area contributed by atoms with Gasteiger partial charge in [-0.2, -0.15) is 0 Å². The molecule has 0 aliphatic carbocycles. The molecule has 19 heavy (non-hydrogen) atoms. The van der Waals surface area contributed by atoms with Gasteiger partial charge < -0.3 is 20.3 Å². The second-order valence-electron chi connectivity index (χ2n) is 6.03. The van der Waals surface area contributed by atoms with Gasteiger partial charge in [0.1, 0.15) is 0 Å². The summed E-state index contributed by atoms with van der Waals surface area (Å²) in [4.78, 5) is 0. The van der Waals surface area contributed by atoms with E-state index in [1.807, 2.05) is 0 Å². The van der Waals surface area contributed by atoms with Crippen molar-refractivity contribution in [2.75, 3.05) is 26.4 Å². The Morgan fingerprint density at radius 2 is 2.00 bits per heavy atom. The highest BCUT2D eigenvalue weighted by Crippen LogP contribution is 2.13. The van der Waals surface area contributed by atoms with Crippen LogP contribution in [-0.4, -0.2) is 48.2 Å². The number of nitrogens with one attached hydrogen (secondary N) is 1. The predicted octanol–water partition coefficient (Wildman–Crippen LogP) is 1.94. The lowest BCUT2D eigenvalue weighted by atomic mass is 9.95. The van der Waals surface area contributed by atoms with Gasteiger partial charge in [-0.15, -0.1) is 0 Å². The Bertz CT molecular complexity index is 212. The fourth-order valence-electron chi connectivity index (χ4n) is 1.87. The zero-order valence-corrected chi connectivity index (χ0v) is 13.1. The first kappa shape index (κ1) is 18.8. The maximum atomic E-state index is 9.83. The molecule has 4 nitrogen and oxygen atoms in total. The highest BCUT2D eigenvalue weighted by molar-refractivity contribution is 4.82. The van der Waals surface area contributed by atoms with Crippen LogP contribution < -0.4 is 5.32 Å². The zero-order chi connectivity index (χ0) is 14.7. The molecule has 2 unspecified atom stereocenters. The molecule has 0 aliphatic heterocycles. The molecular weight excluding hydrogens is 242 g/mol.